The van der Waals surface area contributed by atoms with Crippen molar-refractivity contribution in [3.8, 4) is 0 Å². The van der Waals surface area contributed by atoms with Crippen molar-refractivity contribution in [3.05, 3.63) is 57.6 Å². The van der Waals surface area contributed by atoms with Gasteiger partial charge in [0.15, 0.2) is 0 Å². The highest BCUT2D eigenvalue weighted by molar-refractivity contribution is 9.10. The molecule has 0 spiro atoms. The van der Waals surface area contributed by atoms with Gasteiger partial charge in [-0.3, -0.25) is 4.72 Å². The largest absolute Gasteiger partial charge is 0.478 e. The molecule has 0 fully saturated rings. The molecular formula is C15H14BrNO4S. The SMILES string of the molecule is Cc1cc(S(=O)(=O)Nc2ccc(C(=O)O)cc2C)ccc1Br. The number of aromatic carboxylic acids is 1. The fourth-order valence-electron chi connectivity index (χ4n) is 1.90. The molecule has 0 atom stereocenters. The Balaban J connectivity index is 2.36. The number of sulfonamides is 1. The topological polar surface area (TPSA) is 83.5 Å². The molecule has 0 aliphatic heterocycles. The number of carboxylic acid groups (broad SMARTS) is 1. The molecule has 2 aromatic carbocycles. The minimum Gasteiger partial charge on any atom is -0.478 e. The predicted molar refractivity (Wildman–Crippen MR) is 87.8 cm³/mol. The Labute approximate surface area is 137 Å². The van der Waals surface area contributed by atoms with Crippen LogP contribution in [0.5, 0.6) is 0 Å². The molecule has 0 aliphatic carbocycles. The summed E-state index contributed by atoms with van der Waals surface area (Å²) in [5.41, 5.74) is 1.81. The molecule has 7 heteroatoms. The summed E-state index contributed by atoms with van der Waals surface area (Å²) in [7, 11) is -3.73. The van der Waals surface area contributed by atoms with Crippen molar-refractivity contribution in [1.29, 1.82) is 0 Å². The summed E-state index contributed by atoms with van der Waals surface area (Å²) in [6.07, 6.45) is 0. The number of anilines is 1. The van der Waals surface area contributed by atoms with Gasteiger partial charge in [-0.05, 0) is 61.4 Å². The van der Waals surface area contributed by atoms with E-state index in [9.17, 15) is 13.2 Å². The summed E-state index contributed by atoms with van der Waals surface area (Å²) < 4.78 is 28.1. The monoisotopic (exact) mass is 383 g/mol. The Morgan fingerprint density at radius 3 is 2.32 bits per heavy atom. The van der Waals surface area contributed by atoms with Crippen molar-refractivity contribution < 1.29 is 18.3 Å². The van der Waals surface area contributed by atoms with E-state index < -0.39 is 16.0 Å². The Hall–Kier alpha value is -1.86. The molecule has 0 radical (unpaired) electrons. The zero-order valence-electron chi connectivity index (χ0n) is 11.9. The number of carbonyl (C=O) groups is 1. The van der Waals surface area contributed by atoms with Crippen LogP contribution in [0.2, 0.25) is 0 Å². The van der Waals surface area contributed by atoms with E-state index in [0.717, 1.165) is 10.0 Å². The summed E-state index contributed by atoms with van der Waals surface area (Å²) in [5, 5.41) is 8.92. The van der Waals surface area contributed by atoms with Crippen molar-refractivity contribution >= 4 is 37.6 Å². The van der Waals surface area contributed by atoms with Crippen LogP contribution in [0.4, 0.5) is 5.69 Å². The molecule has 22 heavy (non-hydrogen) atoms. The molecule has 0 bridgehead atoms. The van der Waals surface area contributed by atoms with Gasteiger partial charge in [0.1, 0.15) is 0 Å². The van der Waals surface area contributed by atoms with Crippen LogP contribution in [-0.2, 0) is 10.0 Å². The van der Waals surface area contributed by atoms with E-state index >= 15 is 0 Å². The number of hydrogen-bond donors (Lipinski definition) is 2. The summed E-state index contributed by atoms with van der Waals surface area (Å²) in [6.45, 7) is 3.45. The van der Waals surface area contributed by atoms with Crippen LogP contribution in [0, 0.1) is 13.8 Å². The smallest absolute Gasteiger partial charge is 0.335 e. The number of rotatable bonds is 4. The van der Waals surface area contributed by atoms with Gasteiger partial charge < -0.3 is 5.11 Å². The van der Waals surface area contributed by atoms with Gasteiger partial charge in [0.25, 0.3) is 10.0 Å². The molecule has 0 aromatic heterocycles. The minimum atomic E-state index is -3.73. The molecule has 0 unspecified atom stereocenters. The first-order chi connectivity index (χ1) is 10.2. The van der Waals surface area contributed by atoms with Crippen LogP contribution in [-0.4, -0.2) is 19.5 Å². The van der Waals surface area contributed by atoms with E-state index in [1.54, 1.807) is 26.0 Å². The molecule has 0 saturated carbocycles. The molecule has 0 aliphatic rings. The Morgan fingerprint density at radius 2 is 1.77 bits per heavy atom. The summed E-state index contributed by atoms with van der Waals surface area (Å²) in [4.78, 5) is 11.0. The second-order valence-corrected chi connectivity index (χ2v) is 7.39. The first kappa shape index (κ1) is 16.5. The normalized spacial score (nSPS) is 11.2. The average molecular weight is 384 g/mol. The number of aryl methyl sites for hydroxylation is 2. The van der Waals surface area contributed by atoms with Crippen molar-refractivity contribution in [2.75, 3.05) is 4.72 Å². The van der Waals surface area contributed by atoms with Crippen LogP contribution >= 0.6 is 15.9 Å². The third-order valence-electron chi connectivity index (χ3n) is 3.16. The van der Waals surface area contributed by atoms with E-state index in [1.807, 2.05) is 0 Å². The van der Waals surface area contributed by atoms with Crippen LogP contribution < -0.4 is 4.72 Å². The van der Waals surface area contributed by atoms with E-state index in [2.05, 4.69) is 20.7 Å². The van der Waals surface area contributed by atoms with Crippen LogP contribution in [0.1, 0.15) is 21.5 Å². The number of nitrogens with one attached hydrogen (secondary N) is 1. The van der Waals surface area contributed by atoms with Crippen LogP contribution in [0.15, 0.2) is 45.8 Å². The number of hydrogen-bond acceptors (Lipinski definition) is 3. The lowest BCUT2D eigenvalue weighted by atomic mass is 10.1. The Bertz CT molecular complexity index is 847. The average Bonchev–Trinajstić information content (AvgIpc) is 2.43. The standard InChI is InChI=1S/C15H14BrNO4S/c1-9-8-12(4-5-13(9)16)22(20,21)17-14-6-3-11(15(18)19)7-10(14)2/h3-8,17H,1-2H3,(H,18,19). The zero-order valence-corrected chi connectivity index (χ0v) is 14.3. The Kier molecular flexibility index (Phi) is 4.58. The zero-order chi connectivity index (χ0) is 16.5. The lowest BCUT2D eigenvalue weighted by Crippen LogP contribution is -2.14. The fourth-order valence-corrected chi connectivity index (χ4v) is 3.36. The third-order valence-corrected chi connectivity index (χ3v) is 5.41. The van der Waals surface area contributed by atoms with E-state index in [4.69, 9.17) is 5.11 Å². The maximum absolute atomic E-state index is 12.4. The van der Waals surface area contributed by atoms with E-state index in [-0.39, 0.29) is 10.5 Å². The second kappa shape index (κ2) is 6.10. The van der Waals surface area contributed by atoms with Gasteiger partial charge in [-0.1, -0.05) is 15.9 Å². The highest BCUT2D eigenvalue weighted by atomic mass is 79.9. The van der Waals surface area contributed by atoms with Crippen molar-refractivity contribution in [2.24, 2.45) is 0 Å². The molecule has 0 saturated heterocycles. The first-order valence-corrected chi connectivity index (χ1v) is 8.61. The molecule has 2 aromatic rings. The van der Waals surface area contributed by atoms with Gasteiger partial charge in [0.2, 0.25) is 0 Å². The summed E-state index contributed by atoms with van der Waals surface area (Å²) >= 11 is 3.33. The third kappa shape index (κ3) is 3.48. The Morgan fingerprint density at radius 1 is 1.09 bits per heavy atom. The molecule has 0 heterocycles. The van der Waals surface area contributed by atoms with Crippen molar-refractivity contribution in [2.45, 2.75) is 18.7 Å². The predicted octanol–water partition coefficient (Wildman–Crippen LogP) is 3.56. The second-order valence-electron chi connectivity index (χ2n) is 4.85. The fraction of sp³-hybridized carbons (Fsp3) is 0.133. The number of carboxylic acids is 1. The van der Waals surface area contributed by atoms with Gasteiger partial charge in [-0.2, -0.15) is 0 Å². The first-order valence-electron chi connectivity index (χ1n) is 6.33. The van der Waals surface area contributed by atoms with Crippen molar-refractivity contribution in [1.82, 2.24) is 0 Å². The maximum atomic E-state index is 12.4. The van der Waals surface area contributed by atoms with E-state index in [1.165, 1.54) is 24.3 Å². The highest BCUT2D eigenvalue weighted by Crippen LogP contribution is 2.24. The van der Waals surface area contributed by atoms with Crippen LogP contribution in [0.25, 0.3) is 0 Å². The van der Waals surface area contributed by atoms with Gasteiger partial charge >= 0.3 is 5.97 Å². The lowest BCUT2D eigenvalue weighted by molar-refractivity contribution is 0.0697. The number of halogens is 1. The van der Waals surface area contributed by atoms with Crippen molar-refractivity contribution in [3.63, 3.8) is 0 Å². The lowest BCUT2D eigenvalue weighted by Gasteiger charge is -2.12. The van der Waals surface area contributed by atoms with Crippen LogP contribution in [0.3, 0.4) is 0 Å². The summed E-state index contributed by atoms with van der Waals surface area (Å²) in [5.74, 6) is -1.05. The minimum absolute atomic E-state index is 0.111. The molecule has 2 rings (SSSR count). The van der Waals surface area contributed by atoms with Gasteiger partial charge in [-0.25, -0.2) is 13.2 Å². The van der Waals surface area contributed by atoms with Gasteiger partial charge in [-0.15, -0.1) is 0 Å². The number of benzene rings is 2. The van der Waals surface area contributed by atoms with Gasteiger partial charge in [0, 0.05) is 4.47 Å². The maximum Gasteiger partial charge on any atom is 0.335 e. The molecule has 5 nitrogen and oxygen atoms in total. The molecule has 116 valence electrons. The van der Waals surface area contributed by atoms with E-state index in [0.29, 0.717) is 11.3 Å². The summed E-state index contributed by atoms with van der Waals surface area (Å²) in [6, 6.07) is 8.97. The molecule has 2 N–H and O–H groups in total. The van der Waals surface area contributed by atoms with Gasteiger partial charge in [0.05, 0.1) is 16.1 Å². The highest BCUT2D eigenvalue weighted by Gasteiger charge is 2.16. The quantitative estimate of drug-likeness (QED) is 0.844. The molecule has 0 amide bonds. The molecular weight excluding hydrogens is 370 g/mol.